The number of aryl methyl sites for hydroxylation is 1. The number of unbranched alkanes of at least 4 members (excludes halogenated alkanes) is 1. The van der Waals surface area contributed by atoms with Crippen LogP contribution in [0.15, 0.2) is 40.9 Å². The molecule has 0 aliphatic rings. The van der Waals surface area contributed by atoms with Crippen molar-refractivity contribution in [3.8, 4) is 11.5 Å². The molecule has 0 amide bonds. The van der Waals surface area contributed by atoms with E-state index in [1.54, 1.807) is 7.11 Å². The lowest BCUT2D eigenvalue weighted by Gasteiger charge is -2.15. The number of hydrogen-bond donors (Lipinski definition) is 1. The predicted molar refractivity (Wildman–Crippen MR) is 103 cm³/mol. The van der Waals surface area contributed by atoms with Crippen molar-refractivity contribution in [1.29, 1.82) is 0 Å². The molecule has 0 aliphatic heterocycles. The van der Waals surface area contributed by atoms with Gasteiger partial charge in [-0.25, -0.2) is 0 Å². The first kappa shape index (κ1) is 18.8. The predicted octanol–water partition coefficient (Wildman–Crippen LogP) is 5.23. The van der Waals surface area contributed by atoms with E-state index in [9.17, 15) is 0 Å². The first-order chi connectivity index (χ1) is 11.6. The fourth-order valence-corrected chi connectivity index (χ4v) is 3.11. The van der Waals surface area contributed by atoms with E-state index >= 15 is 0 Å². The summed E-state index contributed by atoms with van der Waals surface area (Å²) in [6.07, 6.45) is 2.39. The normalized spacial score (nSPS) is 10.7. The molecule has 1 N–H and O–H groups in total. The molecule has 2 rings (SSSR count). The lowest BCUT2D eigenvalue weighted by Crippen LogP contribution is -2.14. The average Bonchev–Trinajstić information content (AvgIpc) is 2.57. The summed E-state index contributed by atoms with van der Waals surface area (Å²) in [4.78, 5) is 0. The number of methoxy groups -OCH3 is 1. The van der Waals surface area contributed by atoms with Gasteiger partial charge in [-0.1, -0.05) is 43.2 Å². The summed E-state index contributed by atoms with van der Waals surface area (Å²) in [7, 11) is 1.68. The van der Waals surface area contributed by atoms with E-state index in [1.807, 2.05) is 12.1 Å². The van der Waals surface area contributed by atoms with Gasteiger partial charge in [-0.2, -0.15) is 0 Å². The lowest BCUT2D eigenvalue weighted by atomic mass is 10.1. The van der Waals surface area contributed by atoms with Crippen molar-refractivity contribution < 1.29 is 9.47 Å². The Kier molecular flexibility index (Phi) is 7.60. The quantitative estimate of drug-likeness (QED) is 0.593. The summed E-state index contributed by atoms with van der Waals surface area (Å²) in [5.41, 5.74) is 3.56. The highest BCUT2D eigenvalue weighted by Gasteiger charge is 2.12. The minimum atomic E-state index is 0.519. The first-order valence-electron chi connectivity index (χ1n) is 8.39. The maximum absolute atomic E-state index is 6.01. The van der Waals surface area contributed by atoms with Gasteiger partial charge in [0.15, 0.2) is 11.5 Å². The van der Waals surface area contributed by atoms with Crippen LogP contribution in [0.2, 0.25) is 0 Å². The zero-order chi connectivity index (χ0) is 17.4. The standard InChI is InChI=1S/C20H26BrNO2/c1-4-5-9-22-13-17-11-18(21)20(19(12-17)23-3)24-14-16-8-6-7-15(2)10-16/h6-8,10-12,22H,4-5,9,13-14H2,1-3H3. The zero-order valence-electron chi connectivity index (χ0n) is 14.7. The molecule has 0 unspecified atom stereocenters. The molecular formula is C20H26BrNO2. The number of hydrogen-bond acceptors (Lipinski definition) is 3. The molecule has 0 atom stereocenters. The van der Waals surface area contributed by atoms with Crippen molar-refractivity contribution in [2.24, 2.45) is 0 Å². The average molecular weight is 392 g/mol. The van der Waals surface area contributed by atoms with Crippen LogP contribution < -0.4 is 14.8 Å². The molecule has 0 aromatic heterocycles. The summed E-state index contributed by atoms with van der Waals surface area (Å²) in [5, 5.41) is 3.45. The summed E-state index contributed by atoms with van der Waals surface area (Å²) >= 11 is 3.62. The van der Waals surface area contributed by atoms with E-state index in [1.165, 1.54) is 24.0 Å². The van der Waals surface area contributed by atoms with Gasteiger partial charge in [-0.3, -0.25) is 0 Å². The van der Waals surface area contributed by atoms with Gasteiger partial charge in [-0.15, -0.1) is 0 Å². The SMILES string of the molecule is CCCCNCc1cc(Br)c(OCc2cccc(C)c2)c(OC)c1. The largest absolute Gasteiger partial charge is 0.493 e. The van der Waals surface area contributed by atoms with Gasteiger partial charge in [0.05, 0.1) is 11.6 Å². The molecule has 130 valence electrons. The van der Waals surface area contributed by atoms with Crippen LogP contribution in [0.25, 0.3) is 0 Å². The molecule has 4 heteroatoms. The molecular weight excluding hydrogens is 366 g/mol. The van der Waals surface area contributed by atoms with Gasteiger partial charge in [0, 0.05) is 6.54 Å². The number of ether oxygens (including phenoxy) is 2. The monoisotopic (exact) mass is 391 g/mol. The van der Waals surface area contributed by atoms with E-state index < -0.39 is 0 Å². The third kappa shape index (κ3) is 5.53. The van der Waals surface area contributed by atoms with E-state index in [0.29, 0.717) is 6.61 Å². The van der Waals surface area contributed by atoms with Crippen molar-refractivity contribution in [3.05, 3.63) is 57.6 Å². The van der Waals surface area contributed by atoms with Gasteiger partial charge in [0.25, 0.3) is 0 Å². The van der Waals surface area contributed by atoms with Gasteiger partial charge in [0.1, 0.15) is 6.61 Å². The highest BCUT2D eigenvalue weighted by atomic mass is 79.9. The van der Waals surface area contributed by atoms with Crippen LogP contribution >= 0.6 is 15.9 Å². The number of nitrogens with one attached hydrogen (secondary N) is 1. The van der Waals surface area contributed by atoms with Crippen LogP contribution in [0.4, 0.5) is 0 Å². The maximum atomic E-state index is 6.01. The summed E-state index contributed by atoms with van der Waals surface area (Å²) in [6.45, 7) is 6.65. The molecule has 0 saturated heterocycles. The van der Waals surface area contributed by atoms with Gasteiger partial charge in [-0.05, 0) is 59.1 Å². The van der Waals surface area contributed by atoms with E-state index in [4.69, 9.17) is 9.47 Å². The van der Waals surface area contributed by atoms with Crippen LogP contribution in [0.1, 0.15) is 36.5 Å². The molecule has 0 saturated carbocycles. The Balaban J connectivity index is 2.06. The highest BCUT2D eigenvalue weighted by Crippen LogP contribution is 2.37. The zero-order valence-corrected chi connectivity index (χ0v) is 16.3. The minimum Gasteiger partial charge on any atom is -0.493 e. The Labute approximate surface area is 153 Å². The third-order valence-corrected chi connectivity index (χ3v) is 4.38. The lowest BCUT2D eigenvalue weighted by molar-refractivity contribution is 0.282. The van der Waals surface area contributed by atoms with E-state index in [-0.39, 0.29) is 0 Å². The fourth-order valence-electron chi connectivity index (χ4n) is 2.51. The Bertz CT molecular complexity index is 658. The highest BCUT2D eigenvalue weighted by molar-refractivity contribution is 9.10. The van der Waals surface area contributed by atoms with Gasteiger partial charge >= 0.3 is 0 Å². The maximum Gasteiger partial charge on any atom is 0.175 e. The van der Waals surface area contributed by atoms with Crippen LogP contribution in [-0.2, 0) is 13.2 Å². The molecule has 0 fully saturated rings. The molecule has 0 heterocycles. The van der Waals surface area contributed by atoms with Crippen LogP contribution in [-0.4, -0.2) is 13.7 Å². The van der Waals surface area contributed by atoms with Crippen LogP contribution in [0.5, 0.6) is 11.5 Å². The smallest absolute Gasteiger partial charge is 0.175 e. The Hall–Kier alpha value is -1.52. The van der Waals surface area contributed by atoms with Crippen molar-refractivity contribution >= 4 is 15.9 Å². The molecule has 0 radical (unpaired) electrons. The molecule has 0 spiro atoms. The molecule has 3 nitrogen and oxygen atoms in total. The number of halogens is 1. The Morgan fingerprint density at radius 2 is 1.96 bits per heavy atom. The van der Waals surface area contributed by atoms with E-state index in [0.717, 1.165) is 34.6 Å². The second-order valence-electron chi connectivity index (χ2n) is 5.92. The third-order valence-electron chi connectivity index (χ3n) is 3.79. The molecule has 0 aliphatic carbocycles. The second-order valence-corrected chi connectivity index (χ2v) is 6.77. The fraction of sp³-hybridized carbons (Fsp3) is 0.400. The van der Waals surface area contributed by atoms with E-state index in [2.05, 4.69) is 59.4 Å². The number of benzene rings is 2. The minimum absolute atomic E-state index is 0.519. The Morgan fingerprint density at radius 3 is 2.67 bits per heavy atom. The summed E-state index contributed by atoms with van der Waals surface area (Å²) in [5.74, 6) is 1.50. The van der Waals surface area contributed by atoms with Crippen molar-refractivity contribution in [2.75, 3.05) is 13.7 Å². The second kappa shape index (κ2) is 9.70. The van der Waals surface area contributed by atoms with Crippen molar-refractivity contribution in [2.45, 2.75) is 39.8 Å². The van der Waals surface area contributed by atoms with Gasteiger partial charge < -0.3 is 14.8 Å². The Morgan fingerprint density at radius 1 is 1.12 bits per heavy atom. The summed E-state index contributed by atoms with van der Waals surface area (Å²) < 4.78 is 12.4. The number of rotatable bonds is 9. The van der Waals surface area contributed by atoms with Crippen molar-refractivity contribution in [1.82, 2.24) is 5.32 Å². The molecule has 2 aromatic carbocycles. The molecule has 2 aromatic rings. The van der Waals surface area contributed by atoms with Crippen LogP contribution in [0, 0.1) is 6.92 Å². The van der Waals surface area contributed by atoms with Crippen LogP contribution in [0.3, 0.4) is 0 Å². The van der Waals surface area contributed by atoms with Gasteiger partial charge in [0.2, 0.25) is 0 Å². The van der Waals surface area contributed by atoms with Crippen molar-refractivity contribution in [3.63, 3.8) is 0 Å². The topological polar surface area (TPSA) is 30.5 Å². The summed E-state index contributed by atoms with van der Waals surface area (Å²) in [6, 6.07) is 12.5. The molecule has 24 heavy (non-hydrogen) atoms. The first-order valence-corrected chi connectivity index (χ1v) is 9.18. The molecule has 0 bridgehead atoms.